The highest BCUT2D eigenvalue weighted by atomic mass is 16.5. The Morgan fingerprint density at radius 1 is 0.805 bits per heavy atom. The number of hydrogen-bond donors (Lipinski definition) is 0. The van der Waals surface area contributed by atoms with Gasteiger partial charge < -0.3 is 23.8 Å². The molecule has 1 aromatic heterocycles. The van der Waals surface area contributed by atoms with Crippen LogP contribution in [0.25, 0.3) is 5.69 Å². The molecule has 3 aromatic carbocycles. The largest absolute Gasteiger partial charge is 0.497 e. The third-order valence-corrected chi connectivity index (χ3v) is 7.16. The second-order valence-corrected chi connectivity index (χ2v) is 10.1. The Bertz CT molecular complexity index is 1310. The van der Waals surface area contributed by atoms with E-state index in [4.69, 9.17) is 18.9 Å². The number of nitrogens with zero attached hydrogens (tertiary/aromatic N) is 4. The van der Waals surface area contributed by atoms with E-state index in [-0.39, 0.29) is 0 Å². The fourth-order valence-corrected chi connectivity index (χ4v) is 4.90. The highest BCUT2D eigenvalue weighted by molar-refractivity contribution is 5.50. The molecule has 0 unspecified atom stereocenters. The van der Waals surface area contributed by atoms with Crippen LogP contribution in [0.2, 0.25) is 0 Å². The zero-order chi connectivity index (χ0) is 28.1. The van der Waals surface area contributed by atoms with Crippen molar-refractivity contribution in [1.82, 2.24) is 14.7 Å². The molecule has 1 saturated heterocycles. The third-order valence-electron chi connectivity index (χ3n) is 7.16. The van der Waals surface area contributed by atoms with Crippen LogP contribution in [0.1, 0.15) is 16.7 Å². The van der Waals surface area contributed by atoms with Gasteiger partial charge in [0.25, 0.3) is 0 Å². The molecule has 1 aliphatic rings. The Balaban J connectivity index is 1.19. The summed E-state index contributed by atoms with van der Waals surface area (Å²) < 4.78 is 24.5. The summed E-state index contributed by atoms with van der Waals surface area (Å²) in [7, 11) is 1.71. The molecule has 1 aliphatic heterocycles. The van der Waals surface area contributed by atoms with Crippen LogP contribution < -0.4 is 9.64 Å². The van der Waals surface area contributed by atoms with Crippen LogP contribution in [0.15, 0.2) is 91.3 Å². The van der Waals surface area contributed by atoms with Gasteiger partial charge in [0.05, 0.1) is 52.4 Å². The summed E-state index contributed by atoms with van der Waals surface area (Å²) in [6.45, 7) is 8.51. The van der Waals surface area contributed by atoms with E-state index in [9.17, 15) is 0 Å². The lowest BCUT2D eigenvalue weighted by Gasteiger charge is -2.26. The second-order valence-electron chi connectivity index (χ2n) is 10.1. The van der Waals surface area contributed by atoms with Crippen LogP contribution in [-0.4, -0.2) is 74.5 Å². The molecule has 0 N–H and O–H groups in total. The van der Waals surface area contributed by atoms with Gasteiger partial charge in [0.2, 0.25) is 0 Å². The summed E-state index contributed by atoms with van der Waals surface area (Å²) in [6.07, 6.45) is 3.75. The van der Waals surface area contributed by atoms with Crippen LogP contribution in [0, 0.1) is 0 Å². The van der Waals surface area contributed by atoms with Crippen molar-refractivity contribution in [3.8, 4) is 11.4 Å². The fourth-order valence-electron chi connectivity index (χ4n) is 4.90. The quantitative estimate of drug-likeness (QED) is 0.192. The molecule has 8 heteroatoms. The average molecular weight is 557 g/mol. The first kappa shape index (κ1) is 28.8. The molecule has 8 nitrogen and oxygen atoms in total. The topological polar surface area (TPSA) is 61.2 Å². The van der Waals surface area contributed by atoms with Gasteiger partial charge in [-0.1, -0.05) is 36.4 Å². The van der Waals surface area contributed by atoms with Crippen LogP contribution in [0.4, 0.5) is 5.69 Å². The van der Waals surface area contributed by atoms with Crippen LogP contribution in [0.5, 0.6) is 5.75 Å². The first-order valence-corrected chi connectivity index (χ1v) is 14.3. The van der Waals surface area contributed by atoms with Crippen LogP contribution in [0.3, 0.4) is 0 Å². The highest BCUT2D eigenvalue weighted by Gasteiger charge is 2.12. The van der Waals surface area contributed by atoms with Crippen LogP contribution >= 0.6 is 0 Å². The van der Waals surface area contributed by atoms with Crippen molar-refractivity contribution in [2.45, 2.75) is 19.7 Å². The number of rotatable bonds is 15. The van der Waals surface area contributed by atoms with Gasteiger partial charge in [-0.15, -0.1) is 0 Å². The predicted octanol–water partition coefficient (Wildman–Crippen LogP) is 4.95. The van der Waals surface area contributed by atoms with Crippen molar-refractivity contribution in [2.75, 3.05) is 64.7 Å². The number of anilines is 1. The van der Waals surface area contributed by atoms with E-state index < -0.39 is 0 Å². The normalized spacial score (nSPS) is 13.8. The fraction of sp³-hybridized carbons (Fsp3) is 0.364. The molecule has 4 aromatic rings. The number of aromatic nitrogens is 2. The van der Waals surface area contributed by atoms with Crippen molar-refractivity contribution in [2.24, 2.45) is 0 Å². The summed E-state index contributed by atoms with van der Waals surface area (Å²) in [5, 5.41) is 4.34. The van der Waals surface area contributed by atoms with E-state index in [0.29, 0.717) is 19.8 Å². The van der Waals surface area contributed by atoms with Crippen molar-refractivity contribution < 1.29 is 18.9 Å². The van der Waals surface area contributed by atoms with Gasteiger partial charge in [-0.2, -0.15) is 5.10 Å². The molecule has 2 heterocycles. The predicted molar refractivity (Wildman–Crippen MR) is 161 cm³/mol. The first-order valence-electron chi connectivity index (χ1n) is 14.3. The Morgan fingerprint density at radius 2 is 1.59 bits per heavy atom. The Kier molecular flexibility index (Phi) is 10.8. The summed E-state index contributed by atoms with van der Waals surface area (Å²) in [5.74, 6) is 0.861. The van der Waals surface area contributed by atoms with Gasteiger partial charge in [0, 0.05) is 50.8 Å². The van der Waals surface area contributed by atoms with E-state index in [2.05, 4.69) is 75.6 Å². The second kappa shape index (κ2) is 15.3. The monoisotopic (exact) mass is 556 g/mol. The van der Waals surface area contributed by atoms with Crippen molar-refractivity contribution in [3.05, 3.63) is 108 Å². The maximum absolute atomic E-state index is 5.96. The van der Waals surface area contributed by atoms with Gasteiger partial charge in [0.15, 0.2) is 0 Å². The third kappa shape index (κ3) is 8.90. The Hall–Kier alpha value is -3.69. The summed E-state index contributed by atoms with van der Waals surface area (Å²) in [6, 6.07) is 27.3. The highest BCUT2D eigenvalue weighted by Crippen LogP contribution is 2.24. The van der Waals surface area contributed by atoms with E-state index in [1.165, 1.54) is 11.1 Å². The van der Waals surface area contributed by atoms with E-state index in [0.717, 1.165) is 75.2 Å². The zero-order valence-electron chi connectivity index (χ0n) is 23.9. The van der Waals surface area contributed by atoms with Crippen molar-refractivity contribution in [1.29, 1.82) is 0 Å². The van der Waals surface area contributed by atoms with Gasteiger partial charge in [-0.25, -0.2) is 4.68 Å². The molecule has 1 fully saturated rings. The van der Waals surface area contributed by atoms with Crippen LogP contribution in [-0.2, 0) is 33.9 Å². The van der Waals surface area contributed by atoms with Crippen molar-refractivity contribution >= 4 is 5.69 Å². The van der Waals surface area contributed by atoms with Gasteiger partial charge in [0.1, 0.15) is 5.75 Å². The summed E-state index contributed by atoms with van der Waals surface area (Å²) >= 11 is 0. The molecule has 0 amide bonds. The summed E-state index contributed by atoms with van der Waals surface area (Å²) in [5.41, 5.74) is 5.74. The lowest BCUT2D eigenvalue weighted by Crippen LogP contribution is -2.38. The minimum Gasteiger partial charge on any atom is -0.497 e. The zero-order valence-corrected chi connectivity index (χ0v) is 23.9. The number of benzene rings is 3. The SMILES string of the molecule is COc1cccc(CN(Cc2ccc(-n3cccn3)cc2)c2cccc(COCCOCCN3CCOCC3)c2)c1. The van der Waals surface area contributed by atoms with E-state index >= 15 is 0 Å². The van der Waals surface area contributed by atoms with E-state index in [1.807, 2.05) is 29.1 Å². The molecule has 41 heavy (non-hydrogen) atoms. The number of methoxy groups -OCH3 is 1. The van der Waals surface area contributed by atoms with Crippen molar-refractivity contribution in [3.63, 3.8) is 0 Å². The number of ether oxygens (including phenoxy) is 4. The molecule has 0 radical (unpaired) electrons. The van der Waals surface area contributed by atoms with Gasteiger partial charge in [-0.05, 0) is 59.2 Å². The molecule has 0 saturated carbocycles. The smallest absolute Gasteiger partial charge is 0.119 e. The minimum atomic E-state index is 0.548. The number of morpholine rings is 1. The lowest BCUT2D eigenvalue weighted by molar-refractivity contribution is 0.00585. The first-order chi connectivity index (χ1) is 20.3. The molecule has 216 valence electrons. The lowest BCUT2D eigenvalue weighted by atomic mass is 10.1. The van der Waals surface area contributed by atoms with Gasteiger partial charge in [-0.3, -0.25) is 4.90 Å². The Labute approximate surface area is 243 Å². The molecule has 0 bridgehead atoms. The average Bonchev–Trinajstić information content (AvgIpc) is 3.57. The van der Waals surface area contributed by atoms with Gasteiger partial charge >= 0.3 is 0 Å². The molecule has 5 rings (SSSR count). The maximum Gasteiger partial charge on any atom is 0.119 e. The minimum absolute atomic E-state index is 0.548. The standard InChI is InChI=1S/C33H40N4O4/c1-38-33-8-3-5-29(24-33)26-36(25-28-9-11-31(12-10-28)37-14-4-13-34-37)32-7-2-6-30(23-32)27-41-22-21-40-20-17-35-15-18-39-19-16-35/h2-14,23-24H,15-22,25-27H2,1H3. The summed E-state index contributed by atoms with van der Waals surface area (Å²) in [4.78, 5) is 4.76. The Morgan fingerprint density at radius 3 is 2.39 bits per heavy atom. The maximum atomic E-state index is 5.96. The molecule has 0 aliphatic carbocycles. The molecule has 0 spiro atoms. The number of hydrogen-bond acceptors (Lipinski definition) is 7. The van der Waals surface area contributed by atoms with E-state index in [1.54, 1.807) is 13.3 Å². The molecule has 0 atom stereocenters. The molecular weight excluding hydrogens is 516 g/mol. The molecular formula is C33H40N4O4.